The average molecular weight is 275 g/mol. The van der Waals surface area contributed by atoms with E-state index in [1.165, 1.54) is 32.4 Å². The van der Waals surface area contributed by atoms with Crippen LogP contribution in [0.15, 0.2) is 18.2 Å². The van der Waals surface area contributed by atoms with Crippen LogP contribution in [0.25, 0.3) is 0 Å². The molecule has 0 aromatic heterocycles. The van der Waals surface area contributed by atoms with E-state index < -0.39 is 0 Å². The normalized spacial score (nSPS) is 16.1. The number of rotatable bonds is 5. The minimum atomic E-state index is -0.199. The Morgan fingerprint density at radius 3 is 2.40 bits per heavy atom. The van der Waals surface area contributed by atoms with E-state index in [1.807, 2.05) is 26.0 Å². The minimum absolute atomic E-state index is 0.199. The smallest absolute Gasteiger partial charge is 0.338 e. The highest BCUT2D eigenvalue weighted by Crippen LogP contribution is 2.11. The third kappa shape index (κ3) is 4.64. The number of carbonyl (C=O) groups excluding carboxylic acids is 1. The van der Waals surface area contributed by atoms with Crippen molar-refractivity contribution in [1.29, 1.82) is 0 Å². The number of aryl methyl sites for hydroxylation is 2. The maximum Gasteiger partial charge on any atom is 0.338 e. The van der Waals surface area contributed by atoms with E-state index >= 15 is 0 Å². The summed E-state index contributed by atoms with van der Waals surface area (Å²) in [5, 5.41) is 0. The van der Waals surface area contributed by atoms with Crippen LogP contribution >= 0.6 is 0 Å². The fourth-order valence-corrected chi connectivity index (χ4v) is 2.81. The number of likely N-dealkylation sites (tertiary alicyclic amines) is 1. The van der Waals surface area contributed by atoms with Crippen molar-refractivity contribution in [3.8, 4) is 0 Å². The van der Waals surface area contributed by atoms with Crippen LogP contribution in [0.1, 0.15) is 47.2 Å². The number of nitrogens with zero attached hydrogens (tertiary/aromatic N) is 1. The molecule has 0 spiro atoms. The van der Waals surface area contributed by atoms with E-state index in [2.05, 4.69) is 11.0 Å². The number of piperidine rings is 1. The summed E-state index contributed by atoms with van der Waals surface area (Å²) >= 11 is 0. The molecular weight excluding hydrogens is 250 g/mol. The van der Waals surface area contributed by atoms with Crippen LogP contribution in [0.5, 0.6) is 0 Å². The molecule has 1 heterocycles. The second-order valence-electron chi connectivity index (χ2n) is 5.77. The summed E-state index contributed by atoms with van der Waals surface area (Å²) in [7, 11) is 0. The van der Waals surface area contributed by atoms with Gasteiger partial charge in [0, 0.05) is 6.54 Å². The molecule has 3 heteroatoms. The largest absolute Gasteiger partial charge is 0.462 e. The van der Waals surface area contributed by atoms with E-state index in [0.29, 0.717) is 12.2 Å². The van der Waals surface area contributed by atoms with Gasteiger partial charge >= 0.3 is 5.97 Å². The zero-order valence-electron chi connectivity index (χ0n) is 12.7. The van der Waals surface area contributed by atoms with E-state index in [0.717, 1.165) is 24.1 Å². The predicted octanol–water partition coefficient (Wildman–Crippen LogP) is 3.34. The molecule has 0 unspecified atom stereocenters. The standard InChI is InChI=1S/C17H25NO2/c1-14-11-15(2)13-16(12-14)17(19)20-10-6-9-18-7-4-3-5-8-18/h11-13H,3-10H2,1-2H3. The molecule has 20 heavy (non-hydrogen) atoms. The maximum atomic E-state index is 12.0. The van der Waals surface area contributed by atoms with Gasteiger partial charge in [0.15, 0.2) is 0 Å². The van der Waals surface area contributed by atoms with Crippen molar-refractivity contribution in [3.05, 3.63) is 34.9 Å². The average Bonchev–Trinajstić information content (AvgIpc) is 2.43. The van der Waals surface area contributed by atoms with Gasteiger partial charge in [-0.1, -0.05) is 23.6 Å². The monoisotopic (exact) mass is 275 g/mol. The van der Waals surface area contributed by atoms with Crippen molar-refractivity contribution in [3.63, 3.8) is 0 Å². The lowest BCUT2D eigenvalue weighted by molar-refractivity contribution is 0.0485. The number of hydrogen-bond acceptors (Lipinski definition) is 3. The van der Waals surface area contributed by atoms with E-state index in [1.54, 1.807) is 0 Å². The Kier molecular flexibility index (Phi) is 5.60. The first-order valence-corrected chi connectivity index (χ1v) is 7.63. The van der Waals surface area contributed by atoms with Crippen molar-refractivity contribution in [1.82, 2.24) is 4.90 Å². The second-order valence-corrected chi connectivity index (χ2v) is 5.77. The van der Waals surface area contributed by atoms with Crippen molar-refractivity contribution in [2.45, 2.75) is 39.5 Å². The summed E-state index contributed by atoms with van der Waals surface area (Å²) in [6.45, 7) is 7.96. The van der Waals surface area contributed by atoms with E-state index in [9.17, 15) is 4.79 Å². The predicted molar refractivity (Wildman–Crippen MR) is 81.1 cm³/mol. The Balaban J connectivity index is 1.71. The molecule has 0 saturated carbocycles. The molecule has 0 amide bonds. The molecule has 0 radical (unpaired) electrons. The van der Waals surface area contributed by atoms with Gasteiger partial charge in [-0.3, -0.25) is 0 Å². The lowest BCUT2D eigenvalue weighted by Crippen LogP contribution is -2.31. The Bertz CT molecular complexity index is 430. The summed E-state index contributed by atoms with van der Waals surface area (Å²) in [5.74, 6) is -0.199. The zero-order chi connectivity index (χ0) is 14.4. The summed E-state index contributed by atoms with van der Waals surface area (Å²) in [5.41, 5.74) is 2.87. The molecule has 0 bridgehead atoms. The molecule has 0 atom stereocenters. The first-order valence-electron chi connectivity index (χ1n) is 7.63. The van der Waals surface area contributed by atoms with E-state index in [-0.39, 0.29) is 5.97 Å². The number of esters is 1. The molecular formula is C17H25NO2. The summed E-state index contributed by atoms with van der Waals surface area (Å²) in [6, 6.07) is 5.84. The van der Waals surface area contributed by atoms with Gasteiger partial charge < -0.3 is 9.64 Å². The van der Waals surface area contributed by atoms with Crippen LogP contribution in [0.4, 0.5) is 0 Å². The molecule has 3 nitrogen and oxygen atoms in total. The molecule has 1 aromatic rings. The molecule has 0 N–H and O–H groups in total. The van der Waals surface area contributed by atoms with Crippen LogP contribution in [0.2, 0.25) is 0 Å². The van der Waals surface area contributed by atoms with Gasteiger partial charge in [-0.15, -0.1) is 0 Å². The highest BCUT2D eigenvalue weighted by atomic mass is 16.5. The van der Waals surface area contributed by atoms with Gasteiger partial charge in [-0.05, 0) is 58.3 Å². The van der Waals surface area contributed by atoms with Crippen LogP contribution in [-0.4, -0.2) is 37.1 Å². The van der Waals surface area contributed by atoms with Crippen molar-refractivity contribution in [2.75, 3.05) is 26.2 Å². The Morgan fingerprint density at radius 1 is 1.10 bits per heavy atom. The van der Waals surface area contributed by atoms with E-state index in [4.69, 9.17) is 4.74 Å². The Morgan fingerprint density at radius 2 is 1.75 bits per heavy atom. The molecule has 1 saturated heterocycles. The first kappa shape index (κ1) is 15.0. The van der Waals surface area contributed by atoms with Crippen molar-refractivity contribution < 1.29 is 9.53 Å². The quantitative estimate of drug-likeness (QED) is 0.610. The van der Waals surface area contributed by atoms with Crippen molar-refractivity contribution in [2.24, 2.45) is 0 Å². The fraction of sp³-hybridized carbons (Fsp3) is 0.588. The highest BCUT2D eigenvalue weighted by molar-refractivity contribution is 5.89. The van der Waals surface area contributed by atoms with Crippen LogP contribution in [-0.2, 0) is 4.74 Å². The molecule has 1 aliphatic heterocycles. The number of benzene rings is 1. The first-order chi connectivity index (χ1) is 9.65. The molecule has 110 valence electrons. The lowest BCUT2D eigenvalue weighted by atomic mass is 10.1. The third-order valence-corrected chi connectivity index (χ3v) is 3.76. The van der Waals surface area contributed by atoms with Gasteiger partial charge in [0.1, 0.15) is 0 Å². The SMILES string of the molecule is Cc1cc(C)cc(C(=O)OCCCN2CCCCC2)c1. The molecule has 0 aliphatic carbocycles. The van der Waals surface area contributed by atoms with Gasteiger partial charge in [0.25, 0.3) is 0 Å². The fourth-order valence-electron chi connectivity index (χ4n) is 2.81. The van der Waals surface area contributed by atoms with Crippen molar-refractivity contribution >= 4 is 5.97 Å². The Hall–Kier alpha value is -1.35. The van der Waals surface area contributed by atoms with Gasteiger partial charge in [0.05, 0.1) is 12.2 Å². The van der Waals surface area contributed by atoms with Gasteiger partial charge in [-0.2, -0.15) is 0 Å². The molecule has 2 rings (SSSR count). The molecule has 1 aliphatic rings. The van der Waals surface area contributed by atoms with Crippen LogP contribution in [0.3, 0.4) is 0 Å². The summed E-state index contributed by atoms with van der Waals surface area (Å²) in [6.07, 6.45) is 4.90. The number of ether oxygens (including phenoxy) is 1. The van der Waals surface area contributed by atoms with Crippen LogP contribution in [0, 0.1) is 13.8 Å². The summed E-state index contributed by atoms with van der Waals surface area (Å²) in [4.78, 5) is 14.4. The third-order valence-electron chi connectivity index (χ3n) is 3.76. The van der Waals surface area contributed by atoms with Gasteiger partial charge in [-0.25, -0.2) is 4.79 Å². The number of carbonyl (C=O) groups is 1. The Labute approximate surface area is 121 Å². The van der Waals surface area contributed by atoms with Crippen LogP contribution < -0.4 is 0 Å². The highest BCUT2D eigenvalue weighted by Gasteiger charge is 2.11. The number of hydrogen-bond donors (Lipinski definition) is 0. The molecule has 1 fully saturated rings. The zero-order valence-corrected chi connectivity index (χ0v) is 12.7. The molecule has 1 aromatic carbocycles. The van der Waals surface area contributed by atoms with Gasteiger partial charge in [0.2, 0.25) is 0 Å². The summed E-state index contributed by atoms with van der Waals surface area (Å²) < 4.78 is 5.36. The minimum Gasteiger partial charge on any atom is -0.462 e. The second kappa shape index (κ2) is 7.44. The topological polar surface area (TPSA) is 29.5 Å². The maximum absolute atomic E-state index is 12.0. The lowest BCUT2D eigenvalue weighted by Gasteiger charge is -2.26.